The van der Waals surface area contributed by atoms with Crippen molar-refractivity contribution in [3.8, 4) is 0 Å². The fourth-order valence-electron chi connectivity index (χ4n) is 4.59. The molecule has 4 heteroatoms. The van der Waals surface area contributed by atoms with Gasteiger partial charge in [-0.2, -0.15) is 0 Å². The average molecular weight is 319 g/mol. The number of carbonyl (C=O) groups is 1. The minimum absolute atomic E-state index is 0.182. The molecule has 4 aliphatic rings. The van der Waals surface area contributed by atoms with Crippen LogP contribution in [0.5, 0.6) is 0 Å². The van der Waals surface area contributed by atoms with Gasteiger partial charge in [0.25, 0.3) is 0 Å². The summed E-state index contributed by atoms with van der Waals surface area (Å²) in [6.45, 7) is 5.02. The van der Waals surface area contributed by atoms with E-state index in [1.807, 2.05) is 0 Å². The summed E-state index contributed by atoms with van der Waals surface area (Å²) >= 11 is 0. The number of hydrogen-bond acceptors (Lipinski definition) is 4. The number of nitrogens with zero attached hydrogens (tertiary/aromatic N) is 2. The lowest BCUT2D eigenvalue weighted by Gasteiger charge is -2.41. The van der Waals surface area contributed by atoms with Gasteiger partial charge in [-0.1, -0.05) is 30.3 Å². The smallest absolute Gasteiger partial charge is 0.167 e. The van der Waals surface area contributed by atoms with Gasteiger partial charge in [-0.25, -0.2) is 4.99 Å². The van der Waals surface area contributed by atoms with E-state index in [1.165, 1.54) is 11.1 Å². The Morgan fingerprint density at radius 1 is 1.21 bits per heavy atom. The molecule has 1 spiro atoms. The van der Waals surface area contributed by atoms with E-state index in [1.54, 1.807) is 0 Å². The predicted octanol–water partition coefficient (Wildman–Crippen LogP) is 2.36. The van der Waals surface area contributed by atoms with Crippen LogP contribution in [0.3, 0.4) is 0 Å². The van der Waals surface area contributed by atoms with Crippen LogP contribution in [0.25, 0.3) is 0 Å². The molecule has 24 heavy (non-hydrogen) atoms. The highest BCUT2D eigenvalue weighted by molar-refractivity contribution is 6.02. The molecular formula is C20H21N3O. The maximum Gasteiger partial charge on any atom is 0.167 e. The first-order valence-electron chi connectivity index (χ1n) is 8.71. The molecule has 1 atom stereocenters. The summed E-state index contributed by atoms with van der Waals surface area (Å²) in [5.74, 6) is 1.22. The fraction of sp³-hybridized carbons (Fsp3) is 0.400. The number of piperidine rings is 1. The minimum atomic E-state index is -0.182. The molecule has 1 N–H and O–H groups in total. The van der Waals surface area contributed by atoms with Gasteiger partial charge < -0.3 is 10.2 Å². The van der Waals surface area contributed by atoms with E-state index in [-0.39, 0.29) is 11.3 Å². The number of fused-ring (bicyclic) bond motifs is 3. The number of rotatable bonds is 0. The molecular weight excluding hydrogens is 298 g/mol. The molecule has 3 heterocycles. The van der Waals surface area contributed by atoms with Crippen LogP contribution in [0, 0.1) is 0 Å². The van der Waals surface area contributed by atoms with Crippen LogP contribution in [0.15, 0.2) is 52.4 Å². The van der Waals surface area contributed by atoms with Crippen LogP contribution >= 0.6 is 0 Å². The molecule has 122 valence electrons. The molecule has 4 nitrogen and oxygen atoms in total. The van der Waals surface area contributed by atoms with Crippen molar-refractivity contribution < 1.29 is 4.79 Å². The van der Waals surface area contributed by atoms with Gasteiger partial charge in [0.1, 0.15) is 0 Å². The maximum absolute atomic E-state index is 12.9. The topological polar surface area (TPSA) is 44.7 Å². The second kappa shape index (κ2) is 4.59. The van der Waals surface area contributed by atoms with Crippen molar-refractivity contribution in [1.82, 2.24) is 10.2 Å². The lowest BCUT2D eigenvalue weighted by atomic mass is 9.81. The summed E-state index contributed by atoms with van der Waals surface area (Å²) in [4.78, 5) is 20.0. The molecule has 0 aromatic heterocycles. The third kappa shape index (κ3) is 1.80. The van der Waals surface area contributed by atoms with E-state index in [0.717, 1.165) is 42.2 Å². The molecule has 1 saturated heterocycles. The van der Waals surface area contributed by atoms with Crippen molar-refractivity contribution in [1.29, 1.82) is 0 Å². The van der Waals surface area contributed by atoms with E-state index in [9.17, 15) is 4.79 Å². The largest absolute Gasteiger partial charge is 0.375 e. The van der Waals surface area contributed by atoms with E-state index < -0.39 is 0 Å². The Bertz CT molecular complexity index is 836. The molecule has 1 aromatic rings. The van der Waals surface area contributed by atoms with Crippen molar-refractivity contribution in [3.05, 3.63) is 58.6 Å². The third-order valence-electron chi connectivity index (χ3n) is 5.98. The summed E-state index contributed by atoms with van der Waals surface area (Å²) in [6, 6.07) is 8.86. The third-order valence-corrected chi connectivity index (χ3v) is 5.98. The van der Waals surface area contributed by atoms with E-state index in [0.29, 0.717) is 12.5 Å². The lowest BCUT2D eigenvalue weighted by Crippen LogP contribution is -2.54. The molecule has 0 saturated carbocycles. The molecule has 3 aliphatic heterocycles. The first-order chi connectivity index (χ1) is 11.6. The number of allylic oxidation sites excluding steroid dienone is 1. The van der Waals surface area contributed by atoms with Gasteiger partial charge in [-0.05, 0) is 37.8 Å². The van der Waals surface area contributed by atoms with Gasteiger partial charge in [0.15, 0.2) is 11.6 Å². The molecule has 1 unspecified atom stereocenters. The Kier molecular flexibility index (Phi) is 2.68. The maximum atomic E-state index is 12.9. The Balaban J connectivity index is 1.58. The van der Waals surface area contributed by atoms with Crippen molar-refractivity contribution in [2.24, 2.45) is 4.99 Å². The van der Waals surface area contributed by atoms with Crippen molar-refractivity contribution >= 4 is 11.5 Å². The second-order valence-corrected chi connectivity index (χ2v) is 7.53. The quantitative estimate of drug-likeness (QED) is 0.798. The molecule has 1 aromatic carbocycles. The van der Waals surface area contributed by atoms with Crippen LogP contribution < -0.4 is 5.32 Å². The Hall–Kier alpha value is -2.36. The number of Topliss-reactive ketones (excluding diaryl/α,β-unsaturated/α-hetero) is 1. The molecule has 1 aliphatic carbocycles. The zero-order valence-corrected chi connectivity index (χ0v) is 14.1. The summed E-state index contributed by atoms with van der Waals surface area (Å²) in [7, 11) is 0. The highest BCUT2D eigenvalue weighted by Gasteiger charge is 2.46. The Morgan fingerprint density at radius 3 is 2.62 bits per heavy atom. The van der Waals surface area contributed by atoms with Gasteiger partial charge in [-0.3, -0.25) is 4.79 Å². The summed E-state index contributed by atoms with van der Waals surface area (Å²) < 4.78 is 0. The van der Waals surface area contributed by atoms with Gasteiger partial charge >= 0.3 is 0 Å². The summed E-state index contributed by atoms with van der Waals surface area (Å²) in [5, 5.41) is 3.76. The number of hydrogen-bond donors (Lipinski definition) is 1. The van der Waals surface area contributed by atoms with Gasteiger partial charge in [0.05, 0.1) is 17.3 Å². The number of ketones is 1. The second-order valence-electron chi connectivity index (χ2n) is 7.53. The molecule has 0 radical (unpaired) electrons. The van der Waals surface area contributed by atoms with Crippen molar-refractivity contribution in [2.75, 3.05) is 6.54 Å². The zero-order chi connectivity index (χ0) is 16.5. The molecule has 0 amide bonds. The van der Waals surface area contributed by atoms with Gasteiger partial charge in [0.2, 0.25) is 0 Å². The number of carbonyl (C=O) groups excluding carboxylic acids is 1. The first kappa shape index (κ1) is 14.0. The first-order valence-corrected chi connectivity index (χ1v) is 8.71. The molecule has 5 rings (SSSR count). The van der Waals surface area contributed by atoms with Crippen molar-refractivity contribution in [2.45, 2.75) is 44.7 Å². The lowest BCUT2D eigenvalue weighted by molar-refractivity contribution is -0.117. The zero-order valence-electron chi connectivity index (χ0n) is 14.1. The standard InChI is InChI=1S/C20H21N3O/c1-12-13(2)23-8-7-16-17(24)11-20(22-18(16)19(23)21-12)9-14-5-3-4-6-15(14)10-20/h3-7,13,22H,8-11H2,1-2H3. The Morgan fingerprint density at radius 2 is 1.92 bits per heavy atom. The summed E-state index contributed by atoms with van der Waals surface area (Å²) in [5.41, 5.74) is 5.46. The molecule has 1 fully saturated rings. The highest BCUT2D eigenvalue weighted by atomic mass is 16.1. The van der Waals surface area contributed by atoms with E-state index >= 15 is 0 Å². The Labute approximate surface area is 142 Å². The predicted molar refractivity (Wildman–Crippen MR) is 93.7 cm³/mol. The number of aliphatic imine (C=N–C) groups is 1. The monoisotopic (exact) mass is 319 g/mol. The van der Waals surface area contributed by atoms with Gasteiger partial charge in [-0.15, -0.1) is 0 Å². The van der Waals surface area contributed by atoms with Crippen LogP contribution in [0.4, 0.5) is 0 Å². The summed E-state index contributed by atoms with van der Waals surface area (Å²) in [6.07, 6.45) is 4.48. The number of benzene rings is 1. The molecule has 0 bridgehead atoms. The van der Waals surface area contributed by atoms with Crippen LogP contribution in [-0.2, 0) is 17.6 Å². The van der Waals surface area contributed by atoms with Crippen LogP contribution in [0.1, 0.15) is 31.4 Å². The van der Waals surface area contributed by atoms with Crippen LogP contribution in [0.2, 0.25) is 0 Å². The fourth-order valence-corrected chi connectivity index (χ4v) is 4.59. The van der Waals surface area contributed by atoms with E-state index in [4.69, 9.17) is 4.99 Å². The van der Waals surface area contributed by atoms with Crippen molar-refractivity contribution in [3.63, 3.8) is 0 Å². The highest BCUT2D eigenvalue weighted by Crippen LogP contribution is 2.41. The average Bonchev–Trinajstić information content (AvgIpc) is 3.05. The SMILES string of the molecule is CC1=NC2=C3NC4(CC(=O)C3=CCN2C1C)Cc1ccccc1C4. The van der Waals surface area contributed by atoms with E-state index in [2.05, 4.69) is 54.4 Å². The van der Waals surface area contributed by atoms with Gasteiger partial charge in [0, 0.05) is 24.3 Å². The minimum Gasteiger partial charge on any atom is -0.375 e. The number of nitrogens with one attached hydrogen (secondary N) is 1. The normalized spacial score (nSPS) is 26.7. The van der Waals surface area contributed by atoms with Crippen LogP contribution in [-0.4, -0.2) is 34.5 Å².